The summed E-state index contributed by atoms with van der Waals surface area (Å²) in [5.74, 6) is -0.476. The smallest absolute Gasteiger partial charge is 0.264 e. The molecule has 1 unspecified atom stereocenters. The summed E-state index contributed by atoms with van der Waals surface area (Å²) in [5.41, 5.74) is 1.58. The molecule has 0 aliphatic rings. The lowest BCUT2D eigenvalue weighted by molar-refractivity contribution is -0.140. The van der Waals surface area contributed by atoms with Crippen LogP contribution in [0.3, 0.4) is 0 Å². The number of nitrogens with one attached hydrogen (secondary N) is 1. The zero-order valence-corrected chi connectivity index (χ0v) is 29.3. The van der Waals surface area contributed by atoms with Gasteiger partial charge in [-0.2, -0.15) is 0 Å². The highest BCUT2D eigenvalue weighted by molar-refractivity contribution is 7.92. The van der Waals surface area contributed by atoms with Gasteiger partial charge in [-0.3, -0.25) is 13.9 Å². The number of nitrogens with zero attached hydrogens (tertiary/aromatic N) is 2. The molecule has 8 nitrogen and oxygen atoms in total. The number of carbonyl (C=O) groups is 2. The molecule has 2 amide bonds. The van der Waals surface area contributed by atoms with Gasteiger partial charge in [0.1, 0.15) is 18.3 Å². The van der Waals surface area contributed by atoms with Crippen LogP contribution in [0.5, 0.6) is 5.75 Å². The van der Waals surface area contributed by atoms with E-state index in [9.17, 15) is 18.0 Å². The van der Waals surface area contributed by atoms with Gasteiger partial charge in [-0.15, -0.1) is 0 Å². The Kier molecular flexibility index (Phi) is 12.6. The zero-order chi connectivity index (χ0) is 34.1. The first-order chi connectivity index (χ1) is 22.4. The highest BCUT2D eigenvalue weighted by Gasteiger charge is 2.35. The van der Waals surface area contributed by atoms with Crippen LogP contribution in [0.1, 0.15) is 31.9 Å². The maximum atomic E-state index is 14.6. The van der Waals surface area contributed by atoms with E-state index in [0.29, 0.717) is 33.0 Å². The highest BCUT2D eigenvalue weighted by atomic mass is 35.5. The van der Waals surface area contributed by atoms with Crippen LogP contribution < -0.4 is 14.4 Å². The van der Waals surface area contributed by atoms with Crippen molar-refractivity contribution in [1.82, 2.24) is 10.2 Å². The molecule has 248 valence electrons. The third-order valence-electron chi connectivity index (χ3n) is 7.17. The molecule has 47 heavy (non-hydrogen) atoms. The molecule has 0 aliphatic heterocycles. The number of ether oxygens (including phenoxy) is 1. The first-order valence-corrected chi connectivity index (χ1v) is 17.5. The van der Waals surface area contributed by atoms with Crippen molar-refractivity contribution in [2.45, 2.75) is 50.7 Å². The minimum Gasteiger partial charge on any atom is -0.494 e. The number of rotatable bonds is 14. The SMILES string of the molecule is CCOc1ccc(N(CC(=O)N(Cc2ccc(Cl)cc2Cl)C(Cc2ccccc2)C(=O)NC(C)C)S(=O)(=O)c2ccc(Cl)cc2)cc1. The minimum atomic E-state index is -4.29. The number of halogens is 3. The van der Waals surface area contributed by atoms with Crippen molar-refractivity contribution < 1.29 is 22.7 Å². The molecule has 12 heteroatoms. The van der Waals surface area contributed by atoms with Gasteiger partial charge in [0.25, 0.3) is 10.0 Å². The van der Waals surface area contributed by atoms with E-state index in [4.69, 9.17) is 39.5 Å². The van der Waals surface area contributed by atoms with Gasteiger partial charge in [0.15, 0.2) is 0 Å². The van der Waals surface area contributed by atoms with Gasteiger partial charge < -0.3 is 15.0 Å². The van der Waals surface area contributed by atoms with E-state index in [1.54, 1.807) is 42.5 Å². The predicted molar refractivity (Wildman–Crippen MR) is 188 cm³/mol. The lowest BCUT2D eigenvalue weighted by Crippen LogP contribution is -2.54. The van der Waals surface area contributed by atoms with E-state index in [1.807, 2.05) is 51.1 Å². The topological polar surface area (TPSA) is 96.0 Å². The molecule has 4 rings (SSSR count). The van der Waals surface area contributed by atoms with Crippen molar-refractivity contribution in [3.8, 4) is 5.75 Å². The first-order valence-electron chi connectivity index (χ1n) is 15.0. The monoisotopic (exact) mass is 715 g/mol. The molecule has 1 atom stereocenters. The summed E-state index contributed by atoms with van der Waals surface area (Å²) in [6.45, 7) is 5.21. The molecule has 0 saturated heterocycles. The summed E-state index contributed by atoms with van der Waals surface area (Å²) in [7, 11) is -4.29. The average Bonchev–Trinajstić information content (AvgIpc) is 3.03. The third-order valence-corrected chi connectivity index (χ3v) is 9.80. The number of hydrogen-bond acceptors (Lipinski definition) is 5. The summed E-state index contributed by atoms with van der Waals surface area (Å²) in [5, 5.41) is 4.00. The second-order valence-corrected chi connectivity index (χ2v) is 14.2. The summed E-state index contributed by atoms with van der Waals surface area (Å²) < 4.78 is 34.9. The van der Waals surface area contributed by atoms with E-state index in [0.717, 1.165) is 9.87 Å². The van der Waals surface area contributed by atoms with Crippen molar-refractivity contribution in [1.29, 1.82) is 0 Å². The van der Waals surface area contributed by atoms with Gasteiger partial charge >= 0.3 is 0 Å². The van der Waals surface area contributed by atoms with Gasteiger partial charge in [0.05, 0.1) is 17.2 Å². The number of carbonyl (C=O) groups excluding carboxylic acids is 2. The van der Waals surface area contributed by atoms with Crippen molar-refractivity contribution in [2.24, 2.45) is 0 Å². The lowest BCUT2D eigenvalue weighted by Gasteiger charge is -2.34. The Morgan fingerprint density at radius 2 is 1.49 bits per heavy atom. The van der Waals surface area contributed by atoms with E-state index >= 15 is 0 Å². The van der Waals surface area contributed by atoms with Crippen LogP contribution in [0.4, 0.5) is 5.69 Å². The fourth-order valence-corrected chi connectivity index (χ4v) is 6.91. The van der Waals surface area contributed by atoms with Gasteiger partial charge in [-0.05, 0) is 92.6 Å². The fraction of sp³-hybridized carbons (Fsp3) is 0.257. The van der Waals surface area contributed by atoms with E-state index in [2.05, 4.69) is 5.32 Å². The normalized spacial score (nSPS) is 12.0. The van der Waals surface area contributed by atoms with Crippen molar-refractivity contribution in [3.05, 3.63) is 123 Å². The molecule has 0 aromatic heterocycles. The Hall–Kier alpha value is -3.76. The Morgan fingerprint density at radius 1 is 0.851 bits per heavy atom. The number of benzene rings is 4. The Bertz CT molecular complexity index is 1770. The Labute approximate surface area is 291 Å². The van der Waals surface area contributed by atoms with Gasteiger partial charge in [0.2, 0.25) is 11.8 Å². The summed E-state index contributed by atoms with van der Waals surface area (Å²) in [6, 6.07) is 25.0. The molecule has 4 aromatic rings. The zero-order valence-electron chi connectivity index (χ0n) is 26.2. The van der Waals surface area contributed by atoms with E-state index in [-0.39, 0.29) is 29.6 Å². The molecule has 0 bridgehead atoms. The molecule has 0 aliphatic carbocycles. The largest absolute Gasteiger partial charge is 0.494 e. The molecular formula is C35H36Cl3N3O5S. The average molecular weight is 717 g/mol. The van der Waals surface area contributed by atoms with Crippen molar-refractivity contribution in [2.75, 3.05) is 17.5 Å². The molecule has 0 saturated carbocycles. The predicted octanol–water partition coefficient (Wildman–Crippen LogP) is 7.41. The first kappa shape index (κ1) is 36.1. The molecule has 0 radical (unpaired) electrons. The van der Waals surface area contributed by atoms with Gasteiger partial charge in [-0.25, -0.2) is 8.42 Å². The van der Waals surface area contributed by atoms with Gasteiger partial charge in [-0.1, -0.05) is 71.2 Å². The van der Waals surface area contributed by atoms with Crippen LogP contribution in [0.15, 0.2) is 102 Å². The number of hydrogen-bond donors (Lipinski definition) is 1. The third kappa shape index (κ3) is 9.64. The molecule has 0 heterocycles. The maximum Gasteiger partial charge on any atom is 0.264 e. The highest BCUT2D eigenvalue weighted by Crippen LogP contribution is 2.29. The van der Waals surface area contributed by atoms with E-state index in [1.165, 1.54) is 29.2 Å². The fourth-order valence-electron chi connectivity index (χ4n) is 4.91. The maximum absolute atomic E-state index is 14.6. The van der Waals surface area contributed by atoms with Crippen molar-refractivity contribution >= 4 is 62.3 Å². The summed E-state index contributed by atoms with van der Waals surface area (Å²) >= 11 is 18.8. The van der Waals surface area contributed by atoms with Crippen LogP contribution in [-0.4, -0.2) is 50.4 Å². The van der Waals surface area contributed by atoms with Crippen LogP contribution in [0.2, 0.25) is 15.1 Å². The number of sulfonamides is 1. The molecule has 0 spiro atoms. The second kappa shape index (κ2) is 16.4. The summed E-state index contributed by atoms with van der Waals surface area (Å²) in [4.78, 5) is 29.7. The van der Waals surface area contributed by atoms with Gasteiger partial charge in [0, 0.05) is 34.1 Å². The Balaban J connectivity index is 1.82. The minimum absolute atomic E-state index is 0.0609. The van der Waals surface area contributed by atoms with Crippen molar-refractivity contribution in [3.63, 3.8) is 0 Å². The second-order valence-electron chi connectivity index (χ2n) is 11.0. The molecule has 4 aromatic carbocycles. The van der Waals surface area contributed by atoms with Crippen LogP contribution in [0.25, 0.3) is 0 Å². The van der Waals surface area contributed by atoms with Crippen LogP contribution in [0, 0.1) is 0 Å². The number of amides is 2. The molecule has 0 fully saturated rings. The standard InChI is InChI=1S/C35H36Cl3N3O5S/c1-4-46-30-16-14-29(15-17-30)41(47(44,45)31-18-12-27(36)13-19-31)23-34(42)40(22-26-10-11-28(37)21-32(26)38)33(35(43)39-24(2)3)20-25-8-6-5-7-9-25/h5-19,21,24,33H,4,20,22-23H2,1-3H3,(H,39,43). The number of anilines is 1. The van der Waals surface area contributed by atoms with Crippen LogP contribution >= 0.6 is 34.8 Å². The quantitative estimate of drug-likeness (QED) is 0.147. The Morgan fingerprint density at radius 3 is 2.09 bits per heavy atom. The van der Waals surface area contributed by atoms with E-state index < -0.39 is 34.4 Å². The summed E-state index contributed by atoms with van der Waals surface area (Å²) in [6.07, 6.45) is 0.170. The lowest BCUT2D eigenvalue weighted by atomic mass is 10.0. The molecule has 1 N–H and O–H groups in total. The molecular weight excluding hydrogens is 681 g/mol. The van der Waals surface area contributed by atoms with Crippen LogP contribution in [-0.2, 0) is 32.6 Å².